The van der Waals surface area contributed by atoms with Gasteiger partial charge in [0.1, 0.15) is 11.8 Å². The van der Waals surface area contributed by atoms with Gasteiger partial charge in [-0.05, 0) is 19.3 Å². The molecule has 1 aliphatic heterocycles. The molecule has 110 valence electrons. The molecule has 1 atom stereocenters. The molecule has 1 unspecified atom stereocenters. The van der Waals surface area contributed by atoms with Gasteiger partial charge in [-0.25, -0.2) is 4.98 Å². The third-order valence-electron chi connectivity index (χ3n) is 3.39. The van der Waals surface area contributed by atoms with Crippen molar-refractivity contribution in [3.05, 3.63) is 41.6 Å². The lowest BCUT2D eigenvalue weighted by molar-refractivity contribution is -0.0119. The van der Waals surface area contributed by atoms with Crippen molar-refractivity contribution in [2.75, 3.05) is 13.2 Å². The molecule has 0 bridgehead atoms. The molecule has 1 fully saturated rings. The Hall–Kier alpha value is -1.65. The minimum Gasteiger partial charge on any atom is -0.475 e. The van der Waals surface area contributed by atoms with E-state index in [1.165, 1.54) is 6.42 Å². The number of hydrogen-bond acceptors (Lipinski definition) is 4. The number of halogens is 1. The molecule has 1 aliphatic rings. The van der Waals surface area contributed by atoms with Crippen molar-refractivity contribution in [3.8, 4) is 17.3 Å². The first kappa shape index (κ1) is 14.3. The van der Waals surface area contributed by atoms with Crippen molar-refractivity contribution in [1.29, 1.82) is 0 Å². The second kappa shape index (κ2) is 6.87. The van der Waals surface area contributed by atoms with E-state index in [-0.39, 0.29) is 6.10 Å². The SMILES string of the molecule is Clc1cc(OCC2CCCCO2)nc(-c2ccccc2)n1. The van der Waals surface area contributed by atoms with E-state index in [0.29, 0.717) is 23.5 Å². The van der Waals surface area contributed by atoms with E-state index in [1.54, 1.807) is 6.07 Å². The van der Waals surface area contributed by atoms with Crippen LogP contribution in [0.15, 0.2) is 36.4 Å². The Balaban J connectivity index is 1.72. The Bertz CT molecular complexity index is 586. The lowest BCUT2D eigenvalue weighted by Gasteiger charge is -2.22. The summed E-state index contributed by atoms with van der Waals surface area (Å²) in [6, 6.07) is 11.4. The quantitative estimate of drug-likeness (QED) is 0.807. The summed E-state index contributed by atoms with van der Waals surface area (Å²) in [7, 11) is 0. The van der Waals surface area contributed by atoms with Gasteiger partial charge in [0.2, 0.25) is 5.88 Å². The van der Waals surface area contributed by atoms with Gasteiger partial charge in [0, 0.05) is 18.2 Å². The highest BCUT2D eigenvalue weighted by Crippen LogP contribution is 2.22. The summed E-state index contributed by atoms with van der Waals surface area (Å²) >= 11 is 6.06. The van der Waals surface area contributed by atoms with Gasteiger partial charge < -0.3 is 9.47 Å². The molecule has 5 heteroatoms. The van der Waals surface area contributed by atoms with Crippen LogP contribution in [0.5, 0.6) is 5.88 Å². The van der Waals surface area contributed by atoms with Crippen LogP contribution < -0.4 is 4.74 Å². The number of aromatic nitrogens is 2. The van der Waals surface area contributed by atoms with Gasteiger partial charge in [-0.15, -0.1) is 0 Å². The van der Waals surface area contributed by atoms with Crippen LogP contribution in [0.25, 0.3) is 11.4 Å². The first-order valence-electron chi connectivity index (χ1n) is 7.16. The van der Waals surface area contributed by atoms with Crippen LogP contribution in [-0.4, -0.2) is 29.3 Å². The van der Waals surface area contributed by atoms with Gasteiger partial charge in [0.15, 0.2) is 5.82 Å². The first-order valence-corrected chi connectivity index (χ1v) is 7.53. The van der Waals surface area contributed by atoms with E-state index in [4.69, 9.17) is 21.1 Å². The van der Waals surface area contributed by atoms with Gasteiger partial charge in [0.05, 0.1) is 6.10 Å². The van der Waals surface area contributed by atoms with Gasteiger partial charge in [0.25, 0.3) is 0 Å². The minimum absolute atomic E-state index is 0.146. The molecule has 0 N–H and O–H groups in total. The fraction of sp³-hybridized carbons (Fsp3) is 0.375. The van der Waals surface area contributed by atoms with Crippen molar-refractivity contribution < 1.29 is 9.47 Å². The smallest absolute Gasteiger partial charge is 0.218 e. The van der Waals surface area contributed by atoms with Gasteiger partial charge in [-0.1, -0.05) is 41.9 Å². The zero-order valence-electron chi connectivity index (χ0n) is 11.7. The lowest BCUT2D eigenvalue weighted by Crippen LogP contribution is -2.26. The highest BCUT2D eigenvalue weighted by Gasteiger charge is 2.15. The van der Waals surface area contributed by atoms with Gasteiger partial charge >= 0.3 is 0 Å². The molecule has 4 nitrogen and oxygen atoms in total. The number of benzene rings is 1. The second-order valence-corrected chi connectivity index (χ2v) is 5.41. The zero-order valence-corrected chi connectivity index (χ0v) is 12.4. The molecule has 0 radical (unpaired) electrons. The number of hydrogen-bond donors (Lipinski definition) is 0. The summed E-state index contributed by atoms with van der Waals surface area (Å²) in [5.74, 6) is 1.06. The Morgan fingerprint density at radius 3 is 2.81 bits per heavy atom. The molecule has 21 heavy (non-hydrogen) atoms. The first-order chi connectivity index (χ1) is 10.3. The lowest BCUT2D eigenvalue weighted by atomic mass is 10.1. The molecule has 2 heterocycles. The predicted molar refractivity (Wildman–Crippen MR) is 81.6 cm³/mol. The summed E-state index contributed by atoms with van der Waals surface area (Å²) in [5, 5.41) is 0.378. The topological polar surface area (TPSA) is 44.2 Å². The monoisotopic (exact) mass is 304 g/mol. The maximum atomic E-state index is 6.06. The minimum atomic E-state index is 0.146. The van der Waals surface area contributed by atoms with E-state index < -0.39 is 0 Å². The fourth-order valence-electron chi connectivity index (χ4n) is 2.30. The van der Waals surface area contributed by atoms with Gasteiger partial charge in [-0.3, -0.25) is 0 Å². The van der Waals surface area contributed by atoms with Crippen molar-refractivity contribution in [2.45, 2.75) is 25.4 Å². The van der Waals surface area contributed by atoms with Crippen molar-refractivity contribution >= 4 is 11.6 Å². The molecule has 1 aromatic heterocycles. The average Bonchev–Trinajstić information content (AvgIpc) is 2.54. The molecule has 0 amide bonds. The van der Waals surface area contributed by atoms with Crippen molar-refractivity contribution in [2.24, 2.45) is 0 Å². The highest BCUT2D eigenvalue weighted by molar-refractivity contribution is 6.29. The van der Waals surface area contributed by atoms with E-state index in [9.17, 15) is 0 Å². The van der Waals surface area contributed by atoms with E-state index in [2.05, 4.69) is 9.97 Å². The second-order valence-electron chi connectivity index (χ2n) is 5.02. The third-order valence-corrected chi connectivity index (χ3v) is 3.59. The third kappa shape index (κ3) is 3.93. The molecular formula is C16H17ClN2O2. The van der Waals surface area contributed by atoms with Crippen LogP contribution >= 0.6 is 11.6 Å². The summed E-state index contributed by atoms with van der Waals surface area (Å²) in [4.78, 5) is 8.66. The van der Waals surface area contributed by atoms with Crippen LogP contribution in [0, 0.1) is 0 Å². The summed E-state index contributed by atoms with van der Waals surface area (Å²) < 4.78 is 11.4. The Labute approximate surface area is 129 Å². The Kier molecular flexibility index (Phi) is 4.68. The van der Waals surface area contributed by atoms with Crippen LogP contribution in [0.4, 0.5) is 0 Å². The molecule has 0 aliphatic carbocycles. The van der Waals surface area contributed by atoms with Gasteiger partial charge in [-0.2, -0.15) is 4.98 Å². The van der Waals surface area contributed by atoms with Crippen molar-refractivity contribution in [1.82, 2.24) is 9.97 Å². The Morgan fingerprint density at radius 1 is 1.19 bits per heavy atom. The van der Waals surface area contributed by atoms with Crippen LogP contribution in [0.1, 0.15) is 19.3 Å². The molecular weight excluding hydrogens is 288 g/mol. The maximum absolute atomic E-state index is 6.06. The maximum Gasteiger partial charge on any atom is 0.218 e. The van der Waals surface area contributed by atoms with E-state index in [1.807, 2.05) is 30.3 Å². The number of rotatable bonds is 4. The molecule has 0 spiro atoms. The zero-order chi connectivity index (χ0) is 14.5. The summed E-state index contributed by atoms with van der Waals surface area (Å²) in [6.45, 7) is 1.31. The number of nitrogens with zero attached hydrogens (tertiary/aromatic N) is 2. The largest absolute Gasteiger partial charge is 0.475 e. The fourth-order valence-corrected chi connectivity index (χ4v) is 2.48. The summed E-state index contributed by atoms with van der Waals surface area (Å²) in [6.07, 6.45) is 3.50. The molecule has 1 saturated heterocycles. The van der Waals surface area contributed by atoms with Crippen LogP contribution in [0.3, 0.4) is 0 Å². The highest BCUT2D eigenvalue weighted by atomic mass is 35.5. The molecule has 3 rings (SSSR count). The molecule has 2 aromatic rings. The molecule has 1 aromatic carbocycles. The number of ether oxygens (including phenoxy) is 2. The van der Waals surface area contributed by atoms with E-state index >= 15 is 0 Å². The Morgan fingerprint density at radius 2 is 2.05 bits per heavy atom. The average molecular weight is 305 g/mol. The standard InChI is InChI=1S/C16H17ClN2O2/c17-14-10-15(21-11-13-8-4-5-9-20-13)19-16(18-14)12-6-2-1-3-7-12/h1-3,6-7,10,13H,4-5,8-9,11H2. The normalized spacial score (nSPS) is 18.4. The summed E-state index contributed by atoms with van der Waals surface area (Å²) in [5.41, 5.74) is 0.916. The van der Waals surface area contributed by atoms with Crippen LogP contribution in [0.2, 0.25) is 5.15 Å². The molecule has 0 saturated carbocycles. The van der Waals surface area contributed by atoms with E-state index in [0.717, 1.165) is 25.0 Å². The predicted octanol–water partition coefficient (Wildman–Crippen LogP) is 3.74. The van der Waals surface area contributed by atoms with Crippen molar-refractivity contribution in [3.63, 3.8) is 0 Å². The van der Waals surface area contributed by atoms with Crippen LogP contribution in [-0.2, 0) is 4.74 Å².